The van der Waals surface area contributed by atoms with E-state index in [0.29, 0.717) is 6.61 Å². The largest absolute Gasteiger partial charge is 0.488 e. The zero-order valence-corrected chi connectivity index (χ0v) is 8.31. The van der Waals surface area contributed by atoms with Crippen LogP contribution in [0.15, 0.2) is 18.2 Å². The molecular weight excluding hydrogens is 202 g/mol. The van der Waals surface area contributed by atoms with E-state index in [1.807, 2.05) is 0 Å². The van der Waals surface area contributed by atoms with Crippen LogP contribution in [0.3, 0.4) is 0 Å². The number of hydrogen-bond acceptors (Lipinski definition) is 4. The van der Waals surface area contributed by atoms with Crippen molar-refractivity contribution in [3.8, 4) is 5.75 Å². The summed E-state index contributed by atoms with van der Waals surface area (Å²) in [5.74, 6) is -0.631. The Morgan fingerprint density at radius 1 is 1.40 bits per heavy atom. The van der Waals surface area contributed by atoms with Gasteiger partial charge in [-0.05, 0) is 24.5 Å². The van der Waals surface area contributed by atoms with Gasteiger partial charge in [0.25, 0.3) is 0 Å². The quantitative estimate of drug-likeness (QED) is 0.407. The van der Waals surface area contributed by atoms with Crippen LogP contribution in [0, 0.1) is 5.82 Å². The molecular formula is C9H12BFO4. The van der Waals surface area contributed by atoms with E-state index in [1.165, 1.54) is 12.1 Å². The molecule has 0 amide bonds. The predicted octanol–water partition coefficient (Wildman–Crippen LogP) is -0.122. The van der Waals surface area contributed by atoms with Crippen LogP contribution in [0.2, 0.25) is 0 Å². The number of rotatable bonds is 5. The lowest BCUT2D eigenvalue weighted by Crippen LogP contribution is -2.29. The Kier molecular flexibility index (Phi) is 4.55. The van der Waals surface area contributed by atoms with Crippen molar-refractivity contribution in [2.24, 2.45) is 0 Å². The Balaban J connectivity index is 2.72. The summed E-state index contributed by atoms with van der Waals surface area (Å²) in [6, 6.07) is 3.60. The second-order valence-electron chi connectivity index (χ2n) is 2.82. The van der Waals surface area contributed by atoms with Crippen molar-refractivity contribution in [3.63, 3.8) is 0 Å². The fourth-order valence-electron chi connectivity index (χ4n) is 0.980. The molecule has 0 saturated carbocycles. The first-order valence-corrected chi connectivity index (χ1v) is 4.51. The normalized spacial score (nSPS) is 10.1. The molecule has 0 atom stereocenters. The number of hydrogen-bond donors (Lipinski definition) is 2. The lowest BCUT2D eigenvalue weighted by Gasteiger charge is -2.08. The lowest BCUT2D eigenvalue weighted by molar-refractivity contribution is 0.0202. The first kappa shape index (κ1) is 12.0. The number of ether oxygens (including phenoxy) is 2. The van der Waals surface area contributed by atoms with Gasteiger partial charge in [0.15, 0.2) is 18.4 Å². The molecule has 1 aromatic carbocycles. The second kappa shape index (κ2) is 5.70. The average molecular weight is 214 g/mol. The molecule has 0 aliphatic heterocycles. The van der Waals surface area contributed by atoms with Gasteiger partial charge in [-0.25, -0.2) is 4.39 Å². The summed E-state index contributed by atoms with van der Waals surface area (Å²) in [6.07, 6.45) is 0. The van der Waals surface area contributed by atoms with Crippen LogP contribution in [0.5, 0.6) is 5.75 Å². The predicted molar refractivity (Wildman–Crippen MR) is 53.3 cm³/mol. The van der Waals surface area contributed by atoms with Crippen molar-refractivity contribution in [1.82, 2.24) is 0 Å². The highest BCUT2D eigenvalue weighted by Gasteiger charge is 2.14. The van der Waals surface area contributed by atoms with E-state index in [1.54, 1.807) is 6.92 Å². The lowest BCUT2D eigenvalue weighted by atomic mass is 9.80. The Labute approximate surface area is 87.4 Å². The molecule has 0 saturated heterocycles. The summed E-state index contributed by atoms with van der Waals surface area (Å²) < 4.78 is 22.9. The smallest absolute Gasteiger partial charge is 0.464 e. The number of benzene rings is 1. The Bertz CT molecular complexity index is 319. The SMILES string of the molecule is CCOCOc1cc(B(O)O)ccc1F. The molecule has 6 heteroatoms. The first-order chi connectivity index (χ1) is 7.15. The minimum Gasteiger partial charge on any atom is -0.464 e. The molecule has 0 heterocycles. The molecule has 4 nitrogen and oxygen atoms in total. The van der Waals surface area contributed by atoms with Crippen molar-refractivity contribution in [1.29, 1.82) is 0 Å². The summed E-state index contributed by atoms with van der Waals surface area (Å²) >= 11 is 0. The maximum Gasteiger partial charge on any atom is 0.488 e. The minimum atomic E-state index is -1.64. The van der Waals surface area contributed by atoms with E-state index in [2.05, 4.69) is 0 Å². The molecule has 15 heavy (non-hydrogen) atoms. The van der Waals surface area contributed by atoms with E-state index in [9.17, 15) is 4.39 Å². The fraction of sp³-hybridized carbons (Fsp3) is 0.333. The van der Waals surface area contributed by atoms with Crippen LogP contribution >= 0.6 is 0 Å². The van der Waals surface area contributed by atoms with Gasteiger partial charge in [-0.2, -0.15) is 0 Å². The summed E-state index contributed by atoms with van der Waals surface area (Å²) in [5.41, 5.74) is 0.169. The summed E-state index contributed by atoms with van der Waals surface area (Å²) in [6.45, 7) is 2.18. The molecule has 0 aromatic heterocycles. The molecule has 1 aromatic rings. The molecule has 0 fully saturated rings. The molecule has 0 unspecified atom stereocenters. The molecule has 82 valence electrons. The fourth-order valence-corrected chi connectivity index (χ4v) is 0.980. The van der Waals surface area contributed by atoms with E-state index in [0.717, 1.165) is 6.07 Å². The van der Waals surface area contributed by atoms with E-state index < -0.39 is 12.9 Å². The Morgan fingerprint density at radius 2 is 2.13 bits per heavy atom. The molecule has 0 spiro atoms. The van der Waals surface area contributed by atoms with E-state index in [-0.39, 0.29) is 18.0 Å². The van der Waals surface area contributed by atoms with Gasteiger partial charge < -0.3 is 19.5 Å². The number of halogens is 1. The summed E-state index contributed by atoms with van der Waals surface area (Å²) in [7, 11) is -1.64. The molecule has 0 bridgehead atoms. The zero-order valence-electron chi connectivity index (χ0n) is 8.31. The standard InChI is InChI=1S/C9H12BFO4/c1-2-14-6-15-9-5-7(10(12)13)3-4-8(9)11/h3-5,12-13H,2,6H2,1H3. The highest BCUT2D eigenvalue weighted by atomic mass is 19.1. The summed E-state index contributed by atoms with van der Waals surface area (Å²) in [5, 5.41) is 17.7. The van der Waals surface area contributed by atoms with Gasteiger partial charge in [0.05, 0.1) is 0 Å². The van der Waals surface area contributed by atoms with Gasteiger partial charge in [0.2, 0.25) is 0 Å². The Morgan fingerprint density at radius 3 is 2.73 bits per heavy atom. The third-order valence-electron chi connectivity index (χ3n) is 1.76. The monoisotopic (exact) mass is 214 g/mol. The maximum absolute atomic E-state index is 13.1. The molecule has 2 N–H and O–H groups in total. The highest BCUT2D eigenvalue weighted by molar-refractivity contribution is 6.58. The van der Waals surface area contributed by atoms with Crippen LogP contribution in [0.1, 0.15) is 6.92 Å². The highest BCUT2D eigenvalue weighted by Crippen LogP contribution is 2.14. The van der Waals surface area contributed by atoms with Crippen molar-refractivity contribution in [2.75, 3.05) is 13.4 Å². The van der Waals surface area contributed by atoms with Gasteiger partial charge in [-0.3, -0.25) is 0 Å². The third kappa shape index (κ3) is 3.51. The van der Waals surface area contributed by atoms with Gasteiger partial charge in [-0.15, -0.1) is 0 Å². The topological polar surface area (TPSA) is 58.9 Å². The zero-order chi connectivity index (χ0) is 11.3. The van der Waals surface area contributed by atoms with Gasteiger partial charge in [0, 0.05) is 6.61 Å². The molecule has 0 aliphatic carbocycles. The van der Waals surface area contributed by atoms with E-state index in [4.69, 9.17) is 19.5 Å². The molecule has 0 aliphatic rings. The van der Waals surface area contributed by atoms with Crippen LogP contribution in [-0.2, 0) is 4.74 Å². The van der Waals surface area contributed by atoms with Crippen molar-refractivity contribution >= 4 is 12.6 Å². The summed E-state index contributed by atoms with van der Waals surface area (Å²) in [4.78, 5) is 0. The van der Waals surface area contributed by atoms with Crippen LogP contribution in [0.4, 0.5) is 4.39 Å². The van der Waals surface area contributed by atoms with Gasteiger partial charge in [-0.1, -0.05) is 6.07 Å². The van der Waals surface area contributed by atoms with Crippen LogP contribution < -0.4 is 10.2 Å². The second-order valence-corrected chi connectivity index (χ2v) is 2.82. The first-order valence-electron chi connectivity index (χ1n) is 4.51. The van der Waals surface area contributed by atoms with Gasteiger partial charge in [0.1, 0.15) is 0 Å². The van der Waals surface area contributed by atoms with Crippen LogP contribution in [0.25, 0.3) is 0 Å². The van der Waals surface area contributed by atoms with Crippen LogP contribution in [-0.4, -0.2) is 30.6 Å². The van der Waals surface area contributed by atoms with E-state index >= 15 is 0 Å². The van der Waals surface area contributed by atoms with Gasteiger partial charge >= 0.3 is 7.12 Å². The molecule has 0 radical (unpaired) electrons. The third-order valence-corrected chi connectivity index (χ3v) is 1.76. The van der Waals surface area contributed by atoms with Crippen molar-refractivity contribution in [3.05, 3.63) is 24.0 Å². The Hall–Kier alpha value is -1.11. The minimum absolute atomic E-state index is 0.0611. The van der Waals surface area contributed by atoms with Crippen molar-refractivity contribution < 1.29 is 23.9 Å². The maximum atomic E-state index is 13.1. The van der Waals surface area contributed by atoms with Crippen molar-refractivity contribution in [2.45, 2.75) is 6.92 Å². The molecule has 1 rings (SSSR count). The average Bonchev–Trinajstić information content (AvgIpc) is 2.20.